The monoisotopic (exact) mass is 249 g/mol. The van der Waals surface area contributed by atoms with Crippen molar-refractivity contribution in [3.8, 4) is 5.88 Å². The van der Waals surface area contributed by atoms with E-state index in [4.69, 9.17) is 4.74 Å². The molecule has 2 nitrogen and oxygen atoms in total. The maximum Gasteiger partial charge on any atom is 0.213 e. The number of halogens is 1. The summed E-state index contributed by atoms with van der Waals surface area (Å²) in [6.07, 6.45) is 1.76. The van der Waals surface area contributed by atoms with Gasteiger partial charge in [0.05, 0.1) is 7.11 Å². The first-order chi connectivity index (χ1) is 4.86. The number of hydrogen-bond donors (Lipinski definition) is 0. The van der Waals surface area contributed by atoms with E-state index in [1.54, 1.807) is 13.3 Å². The number of hydrogen-bond acceptors (Lipinski definition) is 2. The fraction of sp³-hybridized carbons (Fsp3) is 0.286. The number of aromatic nitrogens is 1. The quantitative estimate of drug-likeness (QED) is 0.591. The molecule has 0 aliphatic heterocycles. The van der Waals surface area contributed by atoms with Gasteiger partial charge in [-0.15, -0.1) is 0 Å². The number of ether oxygens (including phenoxy) is 1. The highest BCUT2D eigenvalue weighted by molar-refractivity contribution is 14.1. The van der Waals surface area contributed by atoms with Gasteiger partial charge in [-0.3, -0.25) is 0 Å². The number of nitrogens with zero attached hydrogens (tertiary/aromatic N) is 1. The summed E-state index contributed by atoms with van der Waals surface area (Å²) in [5, 5.41) is 0. The van der Waals surface area contributed by atoms with Crippen LogP contribution < -0.4 is 4.74 Å². The van der Waals surface area contributed by atoms with Crippen LogP contribution in [-0.4, -0.2) is 12.1 Å². The maximum absolute atomic E-state index is 4.94. The van der Waals surface area contributed by atoms with Crippen LogP contribution in [0, 0.1) is 0 Å². The van der Waals surface area contributed by atoms with E-state index < -0.39 is 0 Å². The van der Waals surface area contributed by atoms with Gasteiger partial charge in [0.1, 0.15) is 0 Å². The van der Waals surface area contributed by atoms with Crippen molar-refractivity contribution in [3.05, 3.63) is 23.9 Å². The van der Waals surface area contributed by atoms with Gasteiger partial charge in [0, 0.05) is 16.7 Å². The molecule has 0 saturated carbocycles. The summed E-state index contributed by atoms with van der Waals surface area (Å²) in [7, 11) is 1.62. The van der Waals surface area contributed by atoms with Crippen LogP contribution in [0.1, 0.15) is 5.56 Å². The fourth-order valence-electron chi connectivity index (χ4n) is 0.645. The van der Waals surface area contributed by atoms with Crippen molar-refractivity contribution in [2.24, 2.45) is 0 Å². The zero-order chi connectivity index (χ0) is 7.40. The largest absolute Gasteiger partial charge is 0.481 e. The lowest BCUT2D eigenvalue weighted by Crippen LogP contribution is -1.87. The third kappa shape index (κ3) is 1.83. The Bertz CT molecular complexity index is 195. The van der Waals surface area contributed by atoms with Crippen molar-refractivity contribution in [1.82, 2.24) is 4.98 Å². The highest BCUT2D eigenvalue weighted by atomic mass is 127. The van der Waals surface area contributed by atoms with E-state index in [-0.39, 0.29) is 0 Å². The van der Waals surface area contributed by atoms with E-state index in [0.29, 0.717) is 5.88 Å². The van der Waals surface area contributed by atoms with Crippen LogP contribution in [-0.2, 0) is 4.43 Å². The second-order valence-electron chi connectivity index (χ2n) is 1.84. The molecular weight excluding hydrogens is 241 g/mol. The van der Waals surface area contributed by atoms with Crippen LogP contribution in [0.2, 0.25) is 0 Å². The summed E-state index contributed by atoms with van der Waals surface area (Å²) in [6.45, 7) is 0. The van der Waals surface area contributed by atoms with E-state index >= 15 is 0 Å². The molecule has 0 aromatic carbocycles. The molecule has 0 bridgehead atoms. The second-order valence-corrected chi connectivity index (χ2v) is 2.60. The molecule has 0 atom stereocenters. The van der Waals surface area contributed by atoms with Crippen molar-refractivity contribution in [1.29, 1.82) is 0 Å². The zero-order valence-corrected chi connectivity index (χ0v) is 7.83. The average Bonchev–Trinajstić information content (AvgIpc) is 2.05. The predicted octanol–water partition coefficient (Wildman–Crippen LogP) is 2.03. The van der Waals surface area contributed by atoms with Gasteiger partial charge in [0.15, 0.2) is 0 Å². The molecule has 0 saturated heterocycles. The average molecular weight is 249 g/mol. The lowest BCUT2D eigenvalue weighted by molar-refractivity contribution is 0.397. The van der Waals surface area contributed by atoms with Gasteiger partial charge in [0.2, 0.25) is 5.88 Å². The molecule has 0 amide bonds. The molecule has 0 spiro atoms. The van der Waals surface area contributed by atoms with E-state index in [0.717, 1.165) is 4.43 Å². The SMILES string of the molecule is COc1cc(CI)ccn1. The van der Waals surface area contributed by atoms with Gasteiger partial charge in [-0.05, 0) is 11.6 Å². The first kappa shape index (κ1) is 7.78. The Balaban J connectivity index is 2.87. The molecule has 0 aliphatic carbocycles. The summed E-state index contributed by atoms with van der Waals surface area (Å²) < 4.78 is 5.94. The molecule has 0 aliphatic rings. The van der Waals surface area contributed by atoms with Gasteiger partial charge in [-0.1, -0.05) is 22.6 Å². The summed E-state index contributed by atoms with van der Waals surface area (Å²) in [6, 6.07) is 3.92. The van der Waals surface area contributed by atoms with Gasteiger partial charge in [-0.25, -0.2) is 4.98 Å². The van der Waals surface area contributed by atoms with E-state index in [2.05, 4.69) is 27.6 Å². The Morgan fingerprint density at radius 3 is 3.10 bits per heavy atom. The van der Waals surface area contributed by atoms with Gasteiger partial charge in [-0.2, -0.15) is 0 Å². The molecule has 54 valence electrons. The minimum Gasteiger partial charge on any atom is -0.481 e. The van der Waals surface area contributed by atoms with Crippen molar-refractivity contribution in [2.45, 2.75) is 4.43 Å². The van der Waals surface area contributed by atoms with Crippen molar-refractivity contribution < 1.29 is 4.74 Å². The van der Waals surface area contributed by atoms with E-state index in [1.165, 1.54) is 5.56 Å². The predicted molar refractivity (Wildman–Crippen MR) is 48.5 cm³/mol. The molecule has 1 aromatic heterocycles. The van der Waals surface area contributed by atoms with E-state index in [9.17, 15) is 0 Å². The normalized spacial score (nSPS) is 9.40. The Hall–Kier alpha value is -0.320. The van der Waals surface area contributed by atoms with Crippen LogP contribution in [0.5, 0.6) is 5.88 Å². The Morgan fingerprint density at radius 1 is 1.70 bits per heavy atom. The lowest BCUT2D eigenvalue weighted by atomic mass is 10.3. The third-order valence-electron chi connectivity index (χ3n) is 1.16. The molecule has 1 aromatic rings. The Labute approximate surface area is 73.8 Å². The molecule has 1 heterocycles. The molecule has 10 heavy (non-hydrogen) atoms. The fourth-order valence-corrected chi connectivity index (χ4v) is 1.12. The smallest absolute Gasteiger partial charge is 0.213 e. The standard InChI is InChI=1S/C7H8INO/c1-10-7-4-6(5-8)2-3-9-7/h2-4H,5H2,1H3. The Morgan fingerprint density at radius 2 is 2.50 bits per heavy atom. The number of alkyl halides is 1. The number of methoxy groups -OCH3 is 1. The van der Waals surface area contributed by atoms with Crippen LogP contribution in [0.15, 0.2) is 18.3 Å². The van der Waals surface area contributed by atoms with Gasteiger partial charge < -0.3 is 4.74 Å². The minimum absolute atomic E-state index is 0.689. The van der Waals surface area contributed by atoms with Crippen molar-refractivity contribution in [2.75, 3.05) is 7.11 Å². The topological polar surface area (TPSA) is 22.1 Å². The zero-order valence-electron chi connectivity index (χ0n) is 5.67. The highest BCUT2D eigenvalue weighted by Gasteiger charge is 1.92. The molecular formula is C7H8INO. The lowest BCUT2D eigenvalue weighted by Gasteiger charge is -1.98. The molecule has 0 fully saturated rings. The minimum atomic E-state index is 0.689. The molecule has 1 rings (SSSR count). The van der Waals surface area contributed by atoms with Crippen LogP contribution in [0.3, 0.4) is 0 Å². The number of pyridine rings is 1. The second kappa shape index (κ2) is 3.75. The summed E-state index contributed by atoms with van der Waals surface area (Å²) in [5.74, 6) is 0.689. The summed E-state index contributed by atoms with van der Waals surface area (Å²) >= 11 is 2.30. The molecule has 0 N–H and O–H groups in total. The molecule has 0 unspecified atom stereocenters. The van der Waals surface area contributed by atoms with Crippen LogP contribution >= 0.6 is 22.6 Å². The summed E-state index contributed by atoms with van der Waals surface area (Å²) in [5.41, 5.74) is 1.24. The first-order valence-electron chi connectivity index (χ1n) is 2.91. The van der Waals surface area contributed by atoms with Crippen molar-refractivity contribution >= 4 is 22.6 Å². The summed E-state index contributed by atoms with van der Waals surface area (Å²) in [4.78, 5) is 3.98. The third-order valence-corrected chi connectivity index (χ3v) is 2.04. The van der Waals surface area contributed by atoms with Crippen LogP contribution in [0.25, 0.3) is 0 Å². The van der Waals surface area contributed by atoms with Crippen molar-refractivity contribution in [3.63, 3.8) is 0 Å². The van der Waals surface area contributed by atoms with E-state index in [1.807, 2.05) is 12.1 Å². The highest BCUT2D eigenvalue weighted by Crippen LogP contribution is 2.10. The van der Waals surface area contributed by atoms with Gasteiger partial charge in [0.25, 0.3) is 0 Å². The first-order valence-corrected chi connectivity index (χ1v) is 4.44. The van der Waals surface area contributed by atoms with Crippen LogP contribution in [0.4, 0.5) is 0 Å². The maximum atomic E-state index is 4.94. The molecule has 3 heteroatoms. The molecule has 0 radical (unpaired) electrons. The Kier molecular flexibility index (Phi) is 2.92. The van der Waals surface area contributed by atoms with Gasteiger partial charge >= 0.3 is 0 Å². The number of rotatable bonds is 2.